The third-order valence-corrected chi connectivity index (χ3v) is 1.71. The van der Waals surface area contributed by atoms with Crippen LogP contribution >= 0.6 is 0 Å². The molecular formula is C10H12O. The topological polar surface area (TPSA) is 20.2 Å². The third kappa shape index (κ3) is 1.61. The molecule has 1 nitrogen and oxygen atoms in total. The highest BCUT2D eigenvalue weighted by molar-refractivity contribution is 5.59. The Balaban J connectivity index is 3.12. The maximum absolute atomic E-state index is 9.14. The van der Waals surface area contributed by atoms with Crippen molar-refractivity contribution in [2.45, 2.75) is 13.3 Å². The average Bonchev–Trinajstić information content (AvgIpc) is 2.04. The van der Waals surface area contributed by atoms with Crippen molar-refractivity contribution in [2.75, 3.05) is 0 Å². The lowest BCUT2D eigenvalue weighted by Gasteiger charge is -2.03. The molecule has 0 atom stereocenters. The maximum Gasteiger partial charge on any atom is 0.115 e. The fourth-order valence-corrected chi connectivity index (χ4v) is 1.11. The van der Waals surface area contributed by atoms with Crippen molar-refractivity contribution in [3.63, 3.8) is 0 Å². The minimum atomic E-state index is 0.155. The maximum atomic E-state index is 9.14. The molecule has 0 aromatic heterocycles. The van der Waals surface area contributed by atoms with Crippen LogP contribution in [0.2, 0.25) is 0 Å². The Bertz CT molecular complexity index is 263. The summed E-state index contributed by atoms with van der Waals surface area (Å²) in [7, 11) is 0. The van der Waals surface area contributed by atoms with Gasteiger partial charge in [-0.25, -0.2) is 0 Å². The molecule has 1 N–H and O–H groups in total. The largest absolute Gasteiger partial charge is 0.508 e. The van der Waals surface area contributed by atoms with Crippen molar-refractivity contribution in [1.82, 2.24) is 0 Å². The van der Waals surface area contributed by atoms with Gasteiger partial charge in [-0.05, 0) is 12.0 Å². The van der Waals surface area contributed by atoms with Crippen molar-refractivity contribution in [3.8, 4) is 0 Å². The van der Waals surface area contributed by atoms with Gasteiger partial charge in [-0.3, -0.25) is 0 Å². The number of aliphatic hydroxyl groups excluding tert-OH is 1. The van der Waals surface area contributed by atoms with Gasteiger partial charge >= 0.3 is 0 Å². The summed E-state index contributed by atoms with van der Waals surface area (Å²) in [5.41, 5.74) is 2.00. The van der Waals surface area contributed by atoms with E-state index in [-0.39, 0.29) is 5.76 Å². The molecule has 1 aromatic carbocycles. The van der Waals surface area contributed by atoms with Gasteiger partial charge in [-0.2, -0.15) is 0 Å². The minimum absolute atomic E-state index is 0.155. The molecule has 0 saturated carbocycles. The van der Waals surface area contributed by atoms with Gasteiger partial charge in [-0.1, -0.05) is 37.8 Å². The van der Waals surface area contributed by atoms with E-state index in [1.807, 2.05) is 24.3 Å². The molecule has 0 radical (unpaired) electrons. The summed E-state index contributed by atoms with van der Waals surface area (Å²) in [6.45, 7) is 5.55. The quantitative estimate of drug-likeness (QED) is 0.639. The van der Waals surface area contributed by atoms with Crippen molar-refractivity contribution in [2.24, 2.45) is 0 Å². The summed E-state index contributed by atoms with van der Waals surface area (Å²) in [6, 6.07) is 7.74. The van der Waals surface area contributed by atoms with Crippen molar-refractivity contribution < 1.29 is 5.11 Å². The van der Waals surface area contributed by atoms with Crippen LogP contribution in [0.5, 0.6) is 0 Å². The molecule has 0 amide bonds. The molecule has 11 heavy (non-hydrogen) atoms. The predicted octanol–water partition coefficient (Wildman–Crippen LogP) is 2.78. The van der Waals surface area contributed by atoms with Crippen LogP contribution in [0.3, 0.4) is 0 Å². The van der Waals surface area contributed by atoms with Crippen LogP contribution in [0, 0.1) is 0 Å². The highest BCUT2D eigenvalue weighted by atomic mass is 16.3. The van der Waals surface area contributed by atoms with Gasteiger partial charge in [0.15, 0.2) is 0 Å². The van der Waals surface area contributed by atoms with Gasteiger partial charge in [0, 0.05) is 5.56 Å². The molecule has 0 aliphatic heterocycles. The van der Waals surface area contributed by atoms with Crippen molar-refractivity contribution in [1.29, 1.82) is 0 Å². The first-order valence-corrected chi connectivity index (χ1v) is 3.72. The zero-order valence-electron chi connectivity index (χ0n) is 6.67. The molecule has 1 rings (SSSR count). The second-order valence-electron chi connectivity index (χ2n) is 2.46. The first-order chi connectivity index (χ1) is 5.25. The summed E-state index contributed by atoms with van der Waals surface area (Å²) in [5, 5.41) is 9.14. The summed E-state index contributed by atoms with van der Waals surface area (Å²) in [4.78, 5) is 0. The smallest absolute Gasteiger partial charge is 0.115 e. The van der Waals surface area contributed by atoms with E-state index in [9.17, 15) is 0 Å². The molecule has 0 bridgehead atoms. The molecule has 0 fully saturated rings. The number of aliphatic hydroxyl groups is 1. The standard InChI is InChI=1S/C10H12O/c1-3-9-6-4-5-7-10(9)8(2)11/h4-7,11H,2-3H2,1H3. The van der Waals surface area contributed by atoms with E-state index in [0.717, 1.165) is 17.5 Å². The zero-order chi connectivity index (χ0) is 8.27. The Hall–Kier alpha value is -1.24. The monoisotopic (exact) mass is 148 g/mol. The van der Waals surface area contributed by atoms with Crippen LogP contribution < -0.4 is 0 Å². The number of hydrogen-bond donors (Lipinski definition) is 1. The summed E-state index contributed by atoms with van der Waals surface area (Å²) >= 11 is 0. The minimum Gasteiger partial charge on any atom is -0.508 e. The first kappa shape index (κ1) is 7.86. The molecule has 0 unspecified atom stereocenters. The van der Waals surface area contributed by atoms with Gasteiger partial charge in [0.25, 0.3) is 0 Å². The van der Waals surface area contributed by atoms with Crippen LogP contribution in [-0.4, -0.2) is 5.11 Å². The Kier molecular flexibility index (Phi) is 2.32. The Morgan fingerprint density at radius 2 is 2.09 bits per heavy atom. The summed E-state index contributed by atoms with van der Waals surface area (Å²) in [5.74, 6) is 0.155. The molecular weight excluding hydrogens is 136 g/mol. The Morgan fingerprint density at radius 1 is 1.45 bits per heavy atom. The third-order valence-electron chi connectivity index (χ3n) is 1.71. The Labute approximate surface area is 67.0 Å². The van der Waals surface area contributed by atoms with E-state index >= 15 is 0 Å². The van der Waals surface area contributed by atoms with Gasteiger partial charge in [0.2, 0.25) is 0 Å². The van der Waals surface area contributed by atoms with E-state index in [2.05, 4.69) is 13.5 Å². The normalized spacial score (nSPS) is 9.55. The average molecular weight is 148 g/mol. The molecule has 0 aliphatic rings. The van der Waals surface area contributed by atoms with Crippen LogP contribution in [0.15, 0.2) is 30.8 Å². The number of benzene rings is 1. The molecule has 58 valence electrons. The van der Waals surface area contributed by atoms with Crippen molar-refractivity contribution >= 4 is 5.76 Å². The molecule has 0 spiro atoms. The highest BCUT2D eigenvalue weighted by Crippen LogP contribution is 2.15. The van der Waals surface area contributed by atoms with E-state index < -0.39 is 0 Å². The van der Waals surface area contributed by atoms with Crippen molar-refractivity contribution in [3.05, 3.63) is 42.0 Å². The molecule has 0 saturated heterocycles. The lowest BCUT2D eigenvalue weighted by Crippen LogP contribution is -1.89. The number of rotatable bonds is 2. The van der Waals surface area contributed by atoms with Gasteiger partial charge < -0.3 is 5.11 Å². The van der Waals surface area contributed by atoms with E-state index in [1.54, 1.807) is 0 Å². The Morgan fingerprint density at radius 3 is 2.55 bits per heavy atom. The van der Waals surface area contributed by atoms with Crippen LogP contribution in [0.4, 0.5) is 0 Å². The van der Waals surface area contributed by atoms with E-state index in [4.69, 9.17) is 5.11 Å². The number of hydrogen-bond acceptors (Lipinski definition) is 1. The number of aryl methyl sites for hydroxylation is 1. The summed E-state index contributed by atoms with van der Waals surface area (Å²) in [6.07, 6.45) is 0.926. The van der Waals surface area contributed by atoms with Gasteiger partial charge in [0.05, 0.1) is 0 Å². The second-order valence-corrected chi connectivity index (χ2v) is 2.46. The summed E-state index contributed by atoms with van der Waals surface area (Å²) < 4.78 is 0. The van der Waals surface area contributed by atoms with E-state index in [1.165, 1.54) is 0 Å². The highest BCUT2D eigenvalue weighted by Gasteiger charge is 2.00. The molecule has 1 aromatic rings. The first-order valence-electron chi connectivity index (χ1n) is 3.72. The molecule has 0 aliphatic carbocycles. The van der Waals surface area contributed by atoms with Crippen LogP contribution in [-0.2, 0) is 6.42 Å². The second kappa shape index (κ2) is 3.24. The lowest BCUT2D eigenvalue weighted by molar-refractivity contribution is 0.513. The SMILES string of the molecule is C=C(O)c1ccccc1CC. The lowest BCUT2D eigenvalue weighted by atomic mass is 10.0. The zero-order valence-corrected chi connectivity index (χ0v) is 6.67. The fraction of sp³-hybridized carbons (Fsp3) is 0.200. The van der Waals surface area contributed by atoms with Crippen LogP contribution in [0.1, 0.15) is 18.1 Å². The molecule has 1 heteroatoms. The van der Waals surface area contributed by atoms with Gasteiger partial charge in [0.1, 0.15) is 5.76 Å². The fourth-order valence-electron chi connectivity index (χ4n) is 1.11. The molecule has 0 heterocycles. The van der Waals surface area contributed by atoms with E-state index in [0.29, 0.717) is 0 Å². The predicted molar refractivity (Wildman–Crippen MR) is 47.5 cm³/mol. The van der Waals surface area contributed by atoms with Crippen LogP contribution in [0.25, 0.3) is 5.76 Å². The van der Waals surface area contributed by atoms with Gasteiger partial charge in [-0.15, -0.1) is 0 Å².